The van der Waals surface area contributed by atoms with Gasteiger partial charge in [-0.25, -0.2) is 0 Å². The molecule has 0 aliphatic heterocycles. The van der Waals surface area contributed by atoms with Gasteiger partial charge in [0.25, 0.3) is 0 Å². The summed E-state index contributed by atoms with van der Waals surface area (Å²) in [6, 6.07) is 15.9. The number of fused-ring (bicyclic) bond motifs is 1. The summed E-state index contributed by atoms with van der Waals surface area (Å²) in [4.78, 5) is 1.57. The molecular weight excluding hydrogens is 276 g/mol. The van der Waals surface area contributed by atoms with Crippen LogP contribution in [0.25, 0.3) is 22.3 Å². The van der Waals surface area contributed by atoms with E-state index < -0.39 is 0 Å². The lowest BCUT2D eigenvalue weighted by molar-refractivity contribution is 0.665. The monoisotopic (exact) mass is 292 g/mol. The molecule has 22 heavy (non-hydrogen) atoms. The summed E-state index contributed by atoms with van der Waals surface area (Å²) in [5.74, 6) is 0. The van der Waals surface area contributed by atoms with Gasteiger partial charge in [-0.1, -0.05) is 41.6 Å². The molecule has 6 heteroatoms. The molecule has 0 bridgehead atoms. The van der Waals surface area contributed by atoms with Crippen LogP contribution in [0, 0.1) is 6.92 Å². The number of benzene rings is 2. The fourth-order valence-electron chi connectivity index (χ4n) is 2.16. The Kier molecular flexibility index (Phi) is 3.91. The second-order valence-corrected chi connectivity index (χ2v) is 4.85. The molecule has 0 fully saturated rings. The third-order valence-corrected chi connectivity index (χ3v) is 3.22. The van der Waals surface area contributed by atoms with Crippen LogP contribution in [0.4, 0.5) is 0 Å². The van der Waals surface area contributed by atoms with Crippen molar-refractivity contribution in [2.45, 2.75) is 6.92 Å². The average Bonchev–Trinajstić information content (AvgIpc) is 3.16. The van der Waals surface area contributed by atoms with Gasteiger partial charge in [-0.05, 0) is 24.6 Å². The van der Waals surface area contributed by atoms with Gasteiger partial charge in [-0.15, -0.1) is 5.10 Å². The van der Waals surface area contributed by atoms with Crippen molar-refractivity contribution in [3.63, 3.8) is 0 Å². The lowest BCUT2D eigenvalue weighted by atomic mass is 10.1. The number of nitrogens with zero attached hydrogens (tertiary/aromatic N) is 5. The van der Waals surface area contributed by atoms with Gasteiger partial charge in [0.2, 0.25) is 0 Å². The highest BCUT2D eigenvalue weighted by molar-refractivity contribution is 5.72. The van der Waals surface area contributed by atoms with E-state index in [-0.39, 0.29) is 0 Å². The van der Waals surface area contributed by atoms with Crippen molar-refractivity contribution in [2.75, 3.05) is 0 Å². The normalized spacial score (nSPS) is 10.3. The van der Waals surface area contributed by atoms with E-state index >= 15 is 0 Å². The minimum Gasteiger partial charge on any atom is -0.265 e. The number of H-pyrrole nitrogens is 1. The number of nitrogens with one attached hydrogen (secondary N) is 1. The summed E-state index contributed by atoms with van der Waals surface area (Å²) in [6.07, 6.45) is 1.79. The Hall–Kier alpha value is -3.02. The van der Waals surface area contributed by atoms with Crippen LogP contribution in [-0.2, 0) is 7.05 Å². The molecule has 1 N–H and O–H groups in total. The predicted molar refractivity (Wildman–Crippen MR) is 85.1 cm³/mol. The first kappa shape index (κ1) is 13.9. The lowest BCUT2D eigenvalue weighted by Gasteiger charge is -1.98. The van der Waals surface area contributed by atoms with E-state index in [1.165, 1.54) is 5.56 Å². The minimum absolute atomic E-state index is 0.896. The van der Waals surface area contributed by atoms with Crippen molar-refractivity contribution in [2.24, 2.45) is 7.05 Å². The number of aryl methyl sites for hydroxylation is 2. The maximum Gasteiger partial charge on any atom is 0.113 e. The SMILES string of the molecule is Cc1ccccc1-c1c[nH]nn1.Cn1nc2ccccc2n1. The molecule has 0 spiro atoms. The summed E-state index contributed by atoms with van der Waals surface area (Å²) in [5, 5.41) is 18.5. The Labute approximate surface area is 127 Å². The molecular formula is C16H16N6. The predicted octanol–water partition coefficient (Wildman–Crippen LogP) is 2.75. The summed E-state index contributed by atoms with van der Waals surface area (Å²) in [5.41, 5.74) is 5.14. The summed E-state index contributed by atoms with van der Waals surface area (Å²) in [7, 11) is 1.82. The van der Waals surface area contributed by atoms with Crippen molar-refractivity contribution in [1.29, 1.82) is 0 Å². The Morgan fingerprint density at radius 1 is 0.909 bits per heavy atom. The summed E-state index contributed by atoms with van der Waals surface area (Å²) < 4.78 is 0. The molecule has 0 aliphatic carbocycles. The first-order valence-electron chi connectivity index (χ1n) is 6.92. The zero-order valence-corrected chi connectivity index (χ0v) is 12.4. The summed E-state index contributed by atoms with van der Waals surface area (Å²) in [6.45, 7) is 2.06. The largest absolute Gasteiger partial charge is 0.265 e. The van der Waals surface area contributed by atoms with Crippen molar-refractivity contribution >= 4 is 11.0 Å². The maximum atomic E-state index is 4.12. The average molecular weight is 292 g/mol. The highest BCUT2D eigenvalue weighted by atomic mass is 15.4. The van der Waals surface area contributed by atoms with Gasteiger partial charge in [0, 0.05) is 18.8 Å². The van der Waals surface area contributed by atoms with Crippen molar-refractivity contribution in [3.8, 4) is 11.3 Å². The van der Waals surface area contributed by atoms with E-state index in [9.17, 15) is 0 Å². The molecule has 0 atom stereocenters. The smallest absolute Gasteiger partial charge is 0.113 e. The van der Waals surface area contributed by atoms with E-state index in [1.54, 1.807) is 11.0 Å². The van der Waals surface area contributed by atoms with Gasteiger partial charge in [0.05, 0.1) is 0 Å². The van der Waals surface area contributed by atoms with Crippen LogP contribution < -0.4 is 0 Å². The number of aromatic nitrogens is 6. The zero-order chi connectivity index (χ0) is 15.4. The molecule has 2 aromatic carbocycles. The van der Waals surface area contributed by atoms with Gasteiger partial charge in [0.15, 0.2) is 0 Å². The van der Waals surface area contributed by atoms with E-state index in [1.807, 2.05) is 49.5 Å². The molecule has 0 amide bonds. The lowest BCUT2D eigenvalue weighted by Crippen LogP contribution is -1.90. The van der Waals surface area contributed by atoms with Crippen molar-refractivity contribution in [1.82, 2.24) is 30.4 Å². The number of aromatic amines is 1. The van der Waals surface area contributed by atoms with E-state index in [4.69, 9.17) is 0 Å². The topological polar surface area (TPSA) is 72.3 Å². The van der Waals surface area contributed by atoms with E-state index in [0.717, 1.165) is 22.3 Å². The van der Waals surface area contributed by atoms with Crippen LogP contribution in [0.1, 0.15) is 5.56 Å². The zero-order valence-electron chi connectivity index (χ0n) is 12.4. The summed E-state index contributed by atoms with van der Waals surface area (Å²) >= 11 is 0. The molecule has 0 saturated carbocycles. The van der Waals surface area contributed by atoms with Crippen LogP contribution in [0.5, 0.6) is 0 Å². The Morgan fingerprint density at radius 2 is 1.55 bits per heavy atom. The van der Waals surface area contributed by atoms with Crippen LogP contribution in [0.2, 0.25) is 0 Å². The number of rotatable bonds is 1. The molecule has 110 valence electrons. The maximum absolute atomic E-state index is 4.12. The second-order valence-electron chi connectivity index (χ2n) is 4.85. The molecule has 0 unspecified atom stereocenters. The third kappa shape index (κ3) is 3.01. The van der Waals surface area contributed by atoms with E-state index in [2.05, 4.69) is 38.6 Å². The number of hydrogen-bond acceptors (Lipinski definition) is 4. The Balaban J connectivity index is 0.000000133. The standard InChI is InChI=1S/C9H9N3.C7H7N3/c1-7-4-2-3-5-8(7)9-6-10-12-11-9;1-10-8-6-4-2-3-5-7(6)9-10/h2-6H,1H3,(H,10,11,12);2-5H,1H3. The minimum atomic E-state index is 0.896. The van der Waals surface area contributed by atoms with Gasteiger partial charge < -0.3 is 0 Å². The van der Waals surface area contributed by atoms with Crippen molar-refractivity contribution in [3.05, 3.63) is 60.3 Å². The fraction of sp³-hybridized carbons (Fsp3) is 0.125. The Bertz CT molecular complexity index is 830. The van der Waals surface area contributed by atoms with Gasteiger partial charge in [0.1, 0.15) is 16.7 Å². The van der Waals surface area contributed by atoms with Crippen LogP contribution >= 0.6 is 0 Å². The van der Waals surface area contributed by atoms with Crippen LogP contribution in [0.3, 0.4) is 0 Å². The van der Waals surface area contributed by atoms with Gasteiger partial charge in [-0.3, -0.25) is 5.10 Å². The van der Waals surface area contributed by atoms with Gasteiger partial charge >= 0.3 is 0 Å². The van der Waals surface area contributed by atoms with Crippen LogP contribution in [-0.4, -0.2) is 30.4 Å². The Morgan fingerprint density at radius 3 is 2.14 bits per heavy atom. The van der Waals surface area contributed by atoms with Crippen LogP contribution in [0.15, 0.2) is 54.7 Å². The molecule has 4 aromatic rings. The van der Waals surface area contributed by atoms with Crippen molar-refractivity contribution < 1.29 is 0 Å². The quantitative estimate of drug-likeness (QED) is 0.585. The molecule has 0 saturated heterocycles. The first-order chi connectivity index (χ1) is 10.7. The third-order valence-electron chi connectivity index (χ3n) is 3.22. The van der Waals surface area contributed by atoms with E-state index in [0.29, 0.717) is 0 Å². The highest BCUT2D eigenvalue weighted by Crippen LogP contribution is 2.18. The highest BCUT2D eigenvalue weighted by Gasteiger charge is 2.01. The fourth-order valence-corrected chi connectivity index (χ4v) is 2.16. The second kappa shape index (κ2) is 6.17. The molecule has 4 rings (SSSR count). The molecule has 0 radical (unpaired) electrons. The number of hydrogen-bond donors (Lipinski definition) is 1. The molecule has 2 aromatic heterocycles. The molecule has 2 heterocycles. The molecule has 6 nitrogen and oxygen atoms in total. The first-order valence-corrected chi connectivity index (χ1v) is 6.92. The molecule has 0 aliphatic rings. The van der Waals surface area contributed by atoms with Gasteiger partial charge in [-0.2, -0.15) is 15.0 Å².